The number of amides is 1. The number of hydrogen-bond donors (Lipinski definition) is 1. The molecule has 1 N–H and O–H groups in total. The molecule has 0 saturated heterocycles. The molecule has 2 aliphatic carbocycles. The molecule has 19 heavy (non-hydrogen) atoms. The van der Waals surface area contributed by atoms with E-state index in [9.17, 15) is 4.79 Å². The van der Waals surface area contributed by atoms with Gasteiger partial charge in [-0.05, 0) is 30.6 Å². The summed E-state index contributed by atoms with van der Waals surface area (Å²) in [7, 11) is 0. The molecular formula is C17H31NO. The molecule has 0 aliphatic heterocycles. The molecule has 2 nitrogen and oxygen atoms in total. The molecule has 2 aliphatic rings. The highest BCUT2D eigenvalue weighted by Gasteiger charge is 2.28. The maximum absolute atomic E-state index is 12.1. The zero-order valence-electron chi connectivity index (χ0n) is 12.8. The van der Waals surface area contributed by atoms with Gasteiger partial charge in [0.1, 0.15) is 0 Å². The Labute approximate surface area is 118 Å². The minimum absolute atomic E-state index is 0.302. The van der Waals surface area contributed by atoms with E-state index in [1.807, 2.05) is 0 Å². The SMILES string of the molecule is C[C@@H]1[C@@H](C)CCC[C@H]1NC(=O)CCC1CCCCC1. The maximum atomic E-state index is 12.1. The van der Waals surface area contributed by atoms with Gasteiger partial charge in [-0.15, -0.1) is 0 Å². The summed E-state index contributed by atoms with van der Waals surface area (Å²) in [4.78, 5) is 12.1. The van der Waals surface area contributed by atoms with Gasteiger partial charge in [0, 0.05) is 12.5 Å². The molecule has 2 rings (SSSR count). The standard InChI is InChI=1S/C17H31NO/c1-13-7-6-10-16(14(13)2)18-17(19)12-11-15-8-4-3-5-9-15/h13-16H,3-12H2,1-2H3,(H,18,19)/t13-,14+,16+/m0/s1. The average molecular weight is 265 g/mol. The lowest BCUT2D eigenvalue weighted by Gasteiger charge is -2.34. The van der Waals surface area contributed by atoms with Crippen molar-refractivity contribution in [2.24, 2.45) is 17.8 Å². The van der Waals surface area contributed by atoms with Crippen molar-refractivity contribution >= 4 is 5.91 Å². The molecule has 0 aromatic rings. The summed E-state index contributed by atoms with van der Waals surface area (Å²) in [5.41, 5.74) is 0. The number of rotatable bonds is 4. The van der Waals surface area contributed by atoms with Crippen LogP contribution in [0, 0.1) is 17.8 Å². The molecule has 2 saturated carbocycles. The van der Waals surface area contributed by atoms with Crippen molar-refractivity contribution < 1.29 is 4.79 Å². The third kappa shape index (κ3) is 4.50. The Kier molecular flexibility index (Phi) is 5.72. The van der Waals surface area contributed by atoms with Crippen LogP contribution in [-0.2, 0) is 4.79 Å². The zero-order valence-corrected chi connectivity index (χ0v) is 12.8. The minimum Gasteiger partial charge on any atom is -0.353 e. The Hall–Kier alpha value is -0.530. The monoisotopic (exact) mass is 265 g/mol. The molecule has 0 radical (unpaired) electrons. The lowest BCUT2D eigenvalue weighted by molar-refractivity contribution is -0.122. The third-order valence-electron chi connectivity index (χ3n) is 5.56. The fraction of sp³-hybridized carbons (Fsp3) is 0.941. The number of nitrogens with one attached hydrogen (secondary N) is 1. The van der Waals surface area contributed by atoms with E-state index in [0.717, 1.165) is 24.7 Å². The van der Waals surface area contributed by atoms with Gasteiger partial charge < -0.3 is 5.32 Å². The molecule has 0 spiro atoms. The largest absolute Gasteiger partial charge is 0.353 e. The van der Waals surface area contributed by atoms with E-state index in [2.05, 4.69) is 19.2 Å². The molecule has 2 heteroatoms. The predicted molar refractivity (Wildman–Crippen MR) is 79.9 cm³/mol. The lowest BCUT2D eigenvalue weighted by Crippen LogP contribution is -2.43. The molecule has 3 atom stereocenters. The maximum Gasteiger partial charge on any atom is 0.220 e. The van der Waals surface area contributed by atoms with Crippen LogP contribution in [0.3, 0.4) is 0 Å². The summed E-state index contributed by atoms with van der Waals surface area (Å²) in [5.74, 6) is 2.53. The Morgan fingerprint density at radius 1 is 1.00 bits per heavy atom. The van der Waals surface area contributed by atoms with Gasteiger partial charge in [-0.2, -0.15) is 0 Å². The second kappa shape index (κ2) is 7.31. The van der Waals surface area contributed by atoms with Crippen molar-refractivity contribution in [3.63, 3.8) is 0 Å². The van der Waals surface area contributed by atoms with E-state index in [1.165, 1.54) is 51.4 Å². The first-order chi connectivity index (χ1) is 9.16. The Bertz CT molecular complexity index is 283. The van der Waals surface area contributed by atoms with Gasteiger partial charge in [0.2, 0.25) is 5.91 Å². The van der Waals surface area contributed by atoms with Crippen molar-refractivity contribution in [2.75, 3.05) is 0 Å². The first-order valence-electron chi connectivity index (χ1n) is 8.46. The van der Waals surface area contributed by atoms with Crippen molar-refractivity contribution in [1.82, 2.24) is 5.32 Å². The number of carbonyl (C=O) groups is 1. The van der Waals surface area contributed by atoms with Crippen LogP contribution >= 0.6 is 0 Å². The van der Waals surface area contributed by atoms with Crippen LogP contribution in [0.2, 0.25) is 0 Å². The van der Waals surface area contributed by atoms with E-state index in [0.29, 0.717) is 17.9 Å². The van der Waals surface area contributed by atoms with E-state index in [1.54, 1.807) is 0 Å². The average Bonchev–Trinajstić information content (AvgIpc) is 2.43. The summed E-state index contributed by atoms with van der Waals surface area (Å²) in [6.07, 6.45) is 12.5. The molecule has 2 fully saturated rings. The third-order valence-corrected chi connectivity index (χ3v) is 5.56. The van der Waals surface area contributed by atoms with Crippen molar-refractivity contribution in [1.29, 1.82) is 0 Å². The van der Waals surface area contributed by atoms with Gasteiger partial charge in [-0.1, -0.05) is 58.8 Å². The predicted octanol–water partition coefficient (Wildman–Crippen LogP) is 4.29. The summed E-state index contributed by atoms with van der Waals surface area (Å²) in [6.45, 7) is 4.63. The van der Waals surface area contributed by atoms with Gasteiger partial charge in [-0.25, -0.2) is 0 Å². The van der Waals surface area contributed by atoms with Crippen LogP contribution < -0.4 is 5.32 Å². The van der Waals surface area contributed by atoms with E-state index in [4.69, 9.17) is 0 Å². The molecule has 0 unspecified atom stereocenters. The molecule has 0 aromatic carbocycles. The Morgan fingerprint density at radius 3 is 2.47 bits per heavy atom. The number of hydrogen-bond acceptors (Lipinski definition) is 1. The first kappa shape index (κ1) is 14.9. The Balaban J connectivity index is 1.68. The highest BCUT2D eigenvalue weighted by atomic mass is 16.1. The second-order valence-electron chi connectivity index (χ2n) is 6.98. The van der Waals surface area contributed by atoms with Crippen LogP contribution in [-0.4, -0.2) is 11.9 Å². The zero-order chi connectivity index (χ0) is 13.7. The van der Waals surface area contributed by atoms with Crippen molar-refractivity contribution in [3.8, 4) is 0 Å². The summed E-state index contributed by atoms with van der Waals surface area (Å²) in [6, 6.07) is 0.433. The van der Waals surface area contributed by atoms with Gasteiger partial charge in [0.25, 0.3) is 0 Å². The number of carbonyl (C=O) groups excluding carboxylic acids is 1. The topological polar surface area (TPSA) is 29.1 Å². The summed E-state index contributed by atoms with van der Waals surface area (Å²) in [5, 5.41) is 3.30. The van der Waals surface area contributed by atoms with Gasteiger partial charge >= 0.3 is 0 Å². The van der Waals surface area contributed by atoms with Crippen LogP contribution in [0.4, 0.5) is 0 Å². The molecule has 0 aromatic heterocycles. The van der Waals surface area contributed by atoms with Crippen LogP contribution in [0.5, 0.6) is 0 Å². The van der Waals surface area contributed by atoms with Crippen LogP contribution in [0.25, 0.3) is 0 Å². The molecular weight excluding hydrogens is 234 g/mol. The summed E-state index contributed by atoms with van der Waals surface area (Å²) >= 11 is 0. The molecule has 0 bridgehead atoms. The molecule has 110 valence electrons. The normalized spacial score (nSPS) is 33.1. The molecule has 1 amide bonds. The smallest absolute Gasteiger partial charge is 0.220 e. The van der Waals surface area contributed by atoms with Crippen molar-refractivity contribution in [3.05, 3.63) is 0 Å². The quantitative estimate of drug-likeness (QED) is 0.807. The fourth-order valence-electron chi connectivity index (χ4n) is 3.88. The second-order valence-corrected chi connectivity index (χ2v) is 6.98. The van der Waals surface area contributed by atoms with E-state index in [-0.39, 0.29) is 0 Å². The lowest BCUT2D eigenvalue weighted by atomic mass is 9.78. The van der Waals surface area contributed by atoms with E-state index >= 15 is 0 Å². The van der Waals surface area contributed by atoms with Crippen LogP contribution in [0.15, 0.2) is 0 Å². The van der Waals surface area contributed by atoms with Gasteiger partial charge in [-0.3, -0.25) is 4.79 Å². The van der Waals surface area contributed by atoms with Crippen LogP contribution in [0.1, 0.15) is 78.1 Å². The highest BCUT2D eigenvalue weighted by Crippen LogP contribution is 2.30. The van der Waals surface area contributed by atoms with E-state index < -0.39 is 0 Å². The van der Waals surface area contributed by atoms with Crippen molar-refractivity contribution in [2.45, 2.75) is 84.1 Å². The first-order valence-corrected chi connectivity index (χ1v) is 8.46. The van der Waals surface area contributed by atoms with Gasteiger partial charge in [0.15, 0.2) is 0 Å². The van der Waals surface area contributed by atoms with Gasteiger partial charge in [0.05, 0.1) is 0 Å². The summed E-state index contributed by atoms with van der Waals surface area (Å²) < 4.78 is 0. The fourth-order valence-corrected chi connectivity index (χ4v) is 3.88. The Morgan fingerprint density at radius 2 is 1.74 bits per heavy atom. The minimum atomic E-state index is 0.302. The molecule has 0 heterocycles. The highest BCUT2D eigenvalue weighted by molar-refractivity contribution is 5.76.